The second-order valence-corrected chi connectivity index (χ2v) is 6.70. The van der Waals surface area contributed by atoms with Crippen molar-refractivity contribution < 1.29 is 13.2 Å². The van der Waals surface area contributed by atoms with Gasteiger partial charge in [0, 0.05) is 11.5 Å². The average Bonchev–Trinajstić information content (AvgIpc) is 3.07. The highest BCUT2D eigenvalue weighted by atomic mass is 19.4. The smallest absolute Gasteiger partial charge is 0.383 e. The average molecular weight is 349 g/mol. The molecule has 1 aliphatic carbocycles. The predicted octanol–water partition coefficient (Wildman–Crippen LogP) is 4.83. The molecule has 1 fully saturated rings. The van der Waals surface area contributed by atoms with Gasteiger partial charge in [0.2, 0.25) is 0 Å². The molecule has 1 aromatic carbocycles. The number of nitrogens with zero attached hydrogens (tertiary/aromatic N) is 2. The number of hydrogen-bond acceptors (Lipinski definition) is 3. The molecular formula is C19H22F3N3. The van der Waals surface area contributed by atoms with Crippen LogP contribution in [0.25, 0.3) is 0 Å². The number of alkyl halides is 3. The van der Waals surface area contributed by atoms with Crippen molar-refractivity contribution in [1.29, 1.82) is 0 Å². The number of nitrogen functional groups attached to an aromatic ring is 1. The van der Waals surface area contributed by atoms with E-state index in [2.05, 4.69) is 9.97 Å². The van der Waals surface area contributed by atoms with Gasteiger partial charge in [-0.1, -0.05) is 25.0 Å². The molecule has 6 heteroatoms. The lowest BCUT2D eigenvalue weighted by Crippen LogP contribution is -2.11. The molecule has 0 spiro atoms. The lowest BCUT2D eigenvalue weighted by Gasteiger charge is -2.17. The monoisotopic (exact) mass is 349 g/mol. The SMILES string of the molecule is Cc1nc(N)c(CCc2ccc(C(F)(F)F)cc2)c(C2CCCC2)n1. The normalized spacial score (nSPS) is 15.7. The first-order chi connectivity index (χ1) is 11.8. The number of aromatic nitrogens is 2. The largest absolute Gasteiger partial charge is 0.416 e. The van der Waals surface area contributed by atoms with Crippen LogP contribution < -0.4 is 5.73 Å². The van der Waals surface area contributed by atoms with Crippen LogP contribution in [0.15, 0.2) is 24.3 Å². The Bertz CT molecular complexity index is 733. The third-order valence-electron chi connectivity index (χ3n) is 4.87. The number of hydrogen-bond donors (Lipinski definition) is 1. The van der Waals surface area contributed by atoms with E-state index in [1.165, 1.54) is 25.0 Å². The summed E-state index contributed by atoms with van der Waals surface area (Å²) in [4.78, 5) is 8.92. The number of benzene rings is 1. The van der Waals surface area contributed by atoms with E-state index in [0.717, 1.165) is 41.8 Å². The molecule has 3 rings (SSSR count). The van der Waals surface area contributed by atoms with Crippen molar-refractivity contribution in [3.63, 3.8) is 0 Å². The third kappa shape index (κ3) is 4.11. The molecule has 1 aliphatic rings. The number of halogens is 3. The zero-order valence-corrected chi connectivity index (χ0v) is 14.2. The van der Waals surface area contributed by atoms with Crippen LogP contribution in [0, 0.1) is 6.92 Å². The number of nitrogens with two attached hydrogens (primary N) is 1. The summed E-state index contributed by atoms with van der Waals surface area (Å²) in [5.74, 6) is 1.60. The molecule has 1 aromatic heterocycles. The van der Waals surface area contributed by atoms with Crippen molar-refractivity contribution >= 4 is 5.82 Å². The van der Waals surface area contributed by atoms with Crippen LogP contribution in [0.4, 0.5) is 19.0 Å². The van der Waals surface area contributed by atoms with Crippen LogP contribution in [0.5, 0.6) is 0 Å². The summed E-state index contributed by atoms with van der Waals surface area (Å²) >= 11 is 0. The zero-order chi connectivity index (χ0) is 18.0. The third-order valence-corrected chi connectivity index (χ3v) is 4.87. The minimum Gasteiger partial charge on any atom is -0.383 e. The van der Waals surface area contributed by atoms with E-state index in [4.69, 9.17) is 5.73 Å². The van der Waals surface area contributed by atoms with Crippen LogP contribution in [0.1, 0.15) is 59.8 Å². The molecule has 0 saturated heterocycles. The fraction of sp³-hybridized carbons (Fsp3) is 0.474. The molecule has 134 valence electrons. The first-order valence-corrected chi connectivity index (χ1v) is 8.63. The number of rotatable bonds is 4. The first kappa shape index (κ1) is 17.7. The van der Waals surface area contributed by atoms with Gasteiger partial charge < -0.3 is 5.73 Å². The summed E-state index contributed by atoms with van der Waals surface area (Å²) in [6.07, 6.45) is 1.59. The maximum absolute atomic E-state index is 12.7. The van der Waals surface area contributed by atoms with E-state index < -0.39 is 11.7 Å². The molecule has 0 atom stereocenters. The fourth-order valence-corrected chi connectivity index (χ4v) is 3.56. The van der Waals surface area contributed by atoms with Crippen molar-refractivity contribution in [2.75, 3.05) is 5.73 Å². The highest BCUT2D eigenvalue weighted by Gasteiger charge is 2.30. The van der Waals surface area contributed by atoms with E-state index in [-0.39, 0.29) is 0 Å². The summed E-state index contributed by atoms with van der Waals surface area (Å²) in [7, 11) is 0. The zero-order valence-electron chi connectivity index (χ0n) is 14.2. The van der Waals surface area contributed by atoms with Crippen molar-refractivity contribution in [3.05, 3.63) is 52.5 Å². The van der Waals surface area contributed by atoms with Crippen LogP contribution >= 0.6 is 0 Å². The van der Waals surface area contributed by atoms with Gasteiger partial charge in [-0.05, 0) is 50.3 Å². The molecule has 0 amide bonds. The van der Waals surface area contributed by atoms with Gasteiger partial charge in [-0.15, -0.1) is 0 Å². The second-order valence-electron chi connectivity index (χ2n) is 6.70. The lowest BCUT2D eigenvalue weighted by atomic mass is 9.94. The number of aryl methyl sites for hydroxylation is 2. The maximum atomic E-state index is 12.7. The Morgan fingerprint density at radius 1 is 1.04 bits per heavy atom. The van der Waals surface area contributed by atoms with E-state index in [9.17, 15) is 13.2 Å². The molecule has 3 nitrogen and oxygen atoms in total. The molecule has 2 N–H and O–H groups in total. The Morgan fingerprint density at radius 3 is 2.28 bits per heavy atom. The van der Waals surface area contributed by atoms with Crippen molar-refractivity contribution in [1.82, 2.24) is 9.97 Å². The Hall–Kier alpha value is -2.11. The quantitative estimate of drug-likeness (QED) is 0.860. The van der Waals surface area contributed by atoms with Crippen molar-refractivity contribution in [2.45, 2.75) is 57.5 Å². The summed E-state index contributed by atoms with van der Waals surface area (Å²) in [6.45, 7) is 1.84. The topological polar surface area (TPSA) is 51.8 Å². The molecule has 25 heavy (non-hydrogen) atoms. The van der Waals surface area contributed by atoms with E-state index in [1.54, 1.807) is 0 Å². The Balaban J connectivity index is 1.78. The molecular weight excluding hydrogens is 327 g/mol. The number of anilines is 1. The Labute approximate surface area is 145 Å². The van der Waals surface area contributed by atoms with E-state index in [1.807, 2.05) is 6.92 Å². The first-order valence-electron chi connectivity index (χ1n) is 8.63. The van der Waals surface area contributed by atoms with Crippen molar-refractivity contribution in [3.8, 4) is 0 Å². The highest BCUT2D eigenvalue weighted by molar-refractivity contribution is 5.44. The summed E-state index contributed by atoms with van der Waals surface area (Å²) in [5, 5.41) is 0. The molecule has 1 saturated carbocycles. The maximum Gasteiger partial charge on any atom is 0.416 e. The molecule has 1 heterocycles. The van der Waals surface area contributed by atoms with Gasteiger partial charge in [-0.2, -0.15) is 13.2 Å². The molecule has 0 aliphatic heterocycles. The molecule has 0 bridgehead atoms. The van der Waals surface area contributed by atoms with Gasteiger partial charge >= 0.3 is 6.18 Å². The summed E-state index contributed by atoms with van der Waals surface area (Å²) < 4.78 is 38.0. The van der Waals surface area contributed by atoms with Crippen LogP contribution in [0.2, 0.25) is 0 Å². The van der Waals surface area contributed by atoms with Crippen LogP contribution in [0.3, 0.4) is 0 Å². The van der Waals surface area contributed by atoms with Gasteiger partial charge in [0.05, 0.1) is 11.3 Å². The molecule has 0 radical (unpaired) electrons. The highest BCUT2D eigenvalue weighted by Crippen LogP contribution is 2.36. The van der Waals surface area contributed by atoms with Gasteiger partial charge in [-0.25, -0.2) is 9.97 Å². The summed E-state index contributed by atoms with van der Waals surface area (Å²) in [5.41, 5.74) is 8.36. The lowest BCUT2D eigenvalue weighted by molar-refractivity contribution is -0.137. The Kier molecular flexibility index (Phi) is 4.97. The van der Waals surface area contributed by atoms with Gasteiger partial charge in [0.15, 0.2) is 0 Å². The fourth-order valence-electron chi connectivity index (χ4n) is 3.56. The predicted molar refractivity (Wildman–Crippen MR) is 91.2 cm³/mol. The van der Waals surface area contributed by atoms with E-state index >= 15 is 0 Å². The molecule has 0 unspecified atom stereocenters. The standard InChI is InChI=1S/C19H22F3N3/c1-12-24-17(14-4-2-3-5-14)16(18(23)25-12)11-8-13-6-9-15(10-7-13)19(20,21)22/h6-7,9-10,14H,2-5,8,11H2,1H3,(H2,23,24,25). The van der Waals surface area contributed by atoms with Gasteiger partial charge in [0.25, 0.3) is 0 Å². The minimum absolute atomic E-state index is 0.423. The van der Waals surface area contributed by atoms with E-state index in [0.29, 0.717) is 30.4 Å². The van der Waals surface area contributed by atoms with Gasteiger partial charge in [0.1, 0.15) is 11.6 Å². The van der Waals surface area contributed by atoms with Crippen LogP contribution in [-0.4, -0.2) is 9.97 Å². The minimum atomic E-state index is -4.30. The van der Waals surface area contributed by atoms with Crippen molar-refractivity contribution in [2.24, 2.45) is 0 Å². The van der Waals surface area contributed by atoms with Crippen LogP contribution in [-0.2, 0) is 19.0 Å². The summed E-state index contributed by atoms with van der Waals surface area (Å²) in [6, 6.07) is 5.32. The molecule has 2 aromatic rings. The Morgan fingerprint density at radius 2 is 1.68 bits per heavy atom. The van der Waals surface area contributed by atoms with Gasteiger partial charge in [-0.3, -0.25) is 0 Å². The second kappa shape index (κ2) is 7.02.